The van der Waals surface area contributed by atoms with E-state index in [0.29, 0.717) is 6.54 Å². The van der Waals surface area contributed by atoms with E-state index in [4.69, 9.17) is 16.9 Å². The average Bonchev–Trinajstić information content (AvgIpc) is 3.13. The molecule has 18 heavy (non-hydrogen) atoms. The fraction of sp³-hybridized carbons (Fsp3) is 0.500. The molecule has 1 aromatic rings. The van der Waals surface area contributed by atoms with Gasteiger partial charge < -0.3 is 4.90 Å². The van der Waals surface area contributed by atoms with Crippen LogP contribution in [-0.2, 0) is 0 Å². The van der Waals surface area contributed by atoms with Crippen molar-refractivity contribution in [3.8, 4) is 6.07 Å². The highest BCUT2D eigenvalue weighted by atomic mass is 35.5. The van der Waals surface area contributed by atoms with Gasteiger partial charge >= 0.3 is 5.69 Å². The van der Waals surface area contributed by atoms with Gasteiger partial charge in [-0.3, -0.25) is 10.1 Å². The van der Waals surface area contributed by atoms with E-state index in [1.54, 1.807) is 4.90 Å². The molecule has 0 spiro atoms. The summed E-state index contributed by atoms with van der Waals surface area (Å²) in [6.07, 6.45) is 3.39. The molecular formula is C10H10ClN5O2. The lowest BCUT2D eigenvalue weighted by Gasteiger charge is -2.21. The third-order valence-electron chi connectivity index (χ3n) is 2.67. The quantitative estimate of drug-likeness (QED) is 0.459. The number of hydrogen-bond donors (Lipinski definition) is 0. The standard InChI is InChI=1S/C10H10ClN5O2/c11-9-8(16(17)18)10(14-6-13-9)15(5-1-4-12)7-2-3-7/h6-7H,1-3,5H2. The van der Waals surface area contributed by atoms with Crippen molar-refractivity contribution in [2.75, 3.05) is 11.4 Å². The number of rotatable bonds is 5. The maximum atomic E-state index is 11.0. The Morgan fingerprint density at radius 1 is 1.61 bits per heavy atom. The Hall–Kier alpha value is -1.94. The van der Waals surface area contributed by atoms with Gasteiger partial charge in [-0.15, -0.1) is 0 Å². The van der Waals surface area contributed by atoms with Gasteiger partial charge in [0.2, 0.25) is 11.0 Å². The zero-order valence-electron chi connectivity index (χ0n) is 9.41. The van der Waals surface area contributed by atoms with E-state index in [2.05, 4.69) is 9.97 Å². The zero-order chi connectivity index (χ0) is 13.1. The highest BCUT2D eigenvalue weighted by molar-refractivity contribution is 6.31. The monoisotopic (exact) mass is 267 g/mol. The van der Waals surface area contributed by atoms with E-state index in [9.17, 15) is 10.1 Å². The van der Waals surface area contributed by atoms with Crippen LogP contribution >= 0.6 is 11.6 Å². The van der Waals surface area contributed by atoms with Crippen molar-refractivity contribution >= 4 is 23.1 Å². The molecule has 1 aromatic heterocycles. The Kier molecular flexibility index (Phi) is 3.58. The summed E-state index contributed by atoms with van der Waals surface area (Å²) in [4.78, 5) is 19.8. The average molecular weight is 268 g/mol. The molecule has 1 fully saturated rings. The van der Waals surface area contributed by atoms with E-state index in [-0.39, 0.29) is 29.1 Å². The minimum absolute atomic E-state index is 0.174. The van der Waals surface area contributed by atoms with Gasteiger partial charge in [0.1, 0.15) is 6.33 Å². The summed E-state index contributed by atoms with van der Waals surface area (Å²) in [5, 5.41) is 19.5. The molecule has 0 unspecified atom stereocenters. The molecule has 1 heterocycles. The number of nitriles is 1. The van der Waals surface area contributed by atoms with Gasteiger partial charge in [0.25, 0.3) is 0 Å². The van der Waals surface area contributed by atoms with Gasteiger partial charge in [-0.2, -0.15) is 5.26 Å². The molecule has 94 valence electrons. The highest BCUT2D eigenvalue weighted by Crippen LogP contribution is 2.37. The number of anilines is 1. The molecule has 0 N–H and O–H groups in total. The van der Waals surface area contributed by atoms with E-state index in [1.807, 2.05) is 6.07 Å². The van der Waals surface area contributed by atoms with Gasteiger partial charge in [-0.1, -0.05) is 11.6 Å². The number of nitro groups is 1. The Morgan fingerprint density at radius 2 is 2.33 bits per heavy atom. The van der Waals surface area contributed by atoms with Crippen molar-refractivity contribution in [2.24, 2.45) is 0 Å². The summed E-state index contributed by atoms with van der Waals surface area (Å²) < 4.78 is 0. The smallest absolute Gasteiger partial charge is 0.347 e. The van der Waals surface area contributed by atoms with Crippen molar-refractivity contribution < 1.29 is 4.92 Å². The van der Waals surface area contributed by atoms with Crippen LogP contribution in [0.4, 0.5) is 11.5 Å². The van der Waals surface area contributed by atoms with Crippen LogP contribution in [-0.4, -0.2) is 27.5 Å². The van der Waals surface area contributed by atoms with Crippen molar-refractivity contribution in [1.82, 2.24) is 9.97 Å². The lowest BCUT2D eigenvalue weighted by molar-refractivity contribution is -0.384. The van der Waals surface area contributed by atoms with E-state index in [0.717, 1.165) is 12.8 Å². The van der Waals surface area contributed by atoms with Crippen molar-refractivity contribution in [3.05, 3.63) is 21.6 Å². The summed E-state index contributed by atoms with van der Waals surface area (Å²) in [5.41, 5.74) is -0.288. The van der Waals surface area contributed by atoms with E-state index < -0.39 is 4.92 Å². The van der Waals surface area contributed by atoms with Crippen LogP contribution < -0.4 is 4.90 Å². The Labute approximate surface area is 108 Å². The molecule has 0 atom stereocenters. The molecular weight excluding hydrogens is 258 g/mol. The Balaban J connectivity index is 2.38. The van der Waals surface area contributed by atoms with Crippen LogP contribution in [0.15, 0.2) is 6.33 Å². The first kappa shape index (κ1) is 12.5. The molecule has 0 saturated heterocycles. The lowest BCUT2D eigenvalue weighted by Crippen LogP contribution is -2.28. The van der Waals surface area contributed by atoms with Gasteiger partial charge in [0.15, 0.2) is 0 Å². The van der Waals surface area contributed by atoms with Gasteiger partial charge in [-0.05, 0) is 12.8 Å². The molecule has 1 saturated carbocycles. The maximum Gasteiger partial charge on any atom is 0.348 e. The third kappa shape index (κ3) is 2.49. The topological polar surface area (TPSA) is 96.0 Å². The molecule has 1 aliphatic carbocycles. The molecule has 8 heteroatoms. The normalized spacial score (nSPS) is 14.0. The molecule has 7 nitrogen and oxygen atoms in total. The number of halogens is 1. The first-order chi connectivity index (χ1) is 8.65. The number of hydrogen-bond acceptors (Lipinski definition) is 6. The SMILES string of the molecule is N#CCCN(c1ncnc(Cl)c1[N+](=O)[O-])C1CC1. The second-order valence-corrected chi connectivity index (χ2v) is 4.28. The lowest BCUT2D eigenvalue weighted by atomic mass is 10.3. The molecule has 0 aliphatic heterocycles. The van der Waals surface area contributed by atoms with E-state index >= 15 is 0 Å². The van der Waals surface area contributed by atoms with Crippen molar-refractivity contribution in [3.63, 3.8) is 0 Å². The number of nitrogens with zero attached hydrogens (tertiary/aromatic N) is 5. The summed E-state index contributed by atoms with van der Waals surface area (Å²) >= 11 is 5.74. The number of aromatic nitrogens is 2. The second-order valence-electron chi connectivity index (χ2n) is 3.93. The van der Waals surface area contributed by atoms with Crippen LogP contribution in [0.2, 0.25) is 5.15 Å². The van der Waals surface area contributed by atoms with Crippen LogP contribution in [0, 0.1) is 21.4 Å². The second kappa shape index (κ2) is 5.14. The van der Waals surface area contributed by atoms with Gasteiger partial charge in [-0.25, -0.2) is 9.97 Å². The fourth-order valence-electron chi connectivity index (χ4n) is 1.73. The summed E-state index contributed by atoms with van der Waals surface area (Å²) in [5.74, 6) is 0.206. The van der Waals surface area contributed by atoms with Crippen molar-refractivity contribution in [2.45, 2.75) is 25.3 Å². The van der Waals surface area contributed by atoms with E-state index in [1.165, 1.54) is 6.33 Å². The largest absolute Gasteiger partial charge is 0.348 e. The molecule has 0 bridgehead atoms. The predicted octanol–water partition coefficient (Wildman–Crippen LogP) is 1.92. The maximum absolute atomic E-state index is 11.0. The summed E-state index contributed by atoms with van der Waals surface area (Å²) in [6.45, 7) is 0.412. The zero-order valence-corrected chi connectivity index (χ0v) is 10.2. The minimum atomic E-state index is -0.584. The minimum Gasteiger partial charge on any atom is -0.347 e. The Morgan fingerprint density at radius 3 is 2.89 bits per heavy atom. The molecule has 0 radical (unpaired) electrons. The first-order valence-corrected chi connectivity index (χ1v) is 5.81. The highest BCUT2D eigenvalue weighted by Gasteiger charge is 2.35. The first-order valence-electron chi connectivity index (χ1n) is 5.43. The predicted molar refractivity (Wildman–Crippen MR) is 64.3 cm³/mol. The molecule has 1 aliphatic rings. The summed E-state index contributed by atoms with van der Waals surface area (Å²) in [6, 6.07) is 2.24. The van der Waals surface area contributed by atoms with Crippen molar-refractivity contribution in [1.29, 1.82) is 5.26 Å². The summed E-state index contributed by atoms with van der Waals surface area (Å²) in [7, 11) is 0. The Bertz CT molecular complexity index is 511. The van der Waals surface area contributed by atoms with Gasteiger partial charge in [0, 0.05) is 12.6 Å². The fourth-order valence-corrected chi connectivity index (χ4v) is 1.93. The third-order valence-corrected chi connectivity index (χ3v) is 2.94. The van der Waals surface area contributed by atoms with Crippen LogP contribution in [0.25, 0.3) is 0 Å². The van der Waals surface area contributed by atoms with Crippen LogP contribution in [0.5, 0.6) is 0 Å². The molecule has 0 aromatic carbocycles. The van der Waals surface area contributed by atoms with Gasteiger partial charge in [0.05, 0.1) is 17.4 Å². The molecule has 0 amide bonds. The van der Waals surface area contributed by atoms with Crippen LogP contribution in [0.1, 0.15) is 19.3 Å². The molecule has 2 rings (SSSR count). The van der Waals surface area contributed by atoms with Crippen LogP contribution in [0.3, 0.4) is 0 Å².